The zero-order valence-corrected chi connectivity index (χ0v) is 10.1. The first-order chi connectivity index (χ1) is 8.34. The molecule has 0 aliphatic carbocycles. The molecule has 1 aromatic heterocycles. The maximum absolute atomic E-state index is 5.38. The van der Waals surface area contributed by atoms with E-state index in [1.807, 2.05) is 0 Å². The predicted molar refractivity (Wildman–Crippen MR) is 68.3 cm³/mol. The van der Waals surface area contributed by atoms with Gasteiger partial charge in [-0.1, -0.05) is 18.2 Å². The third kappa shape index (κ3) is 1.98. The molecule has 0 atom stereocenters. The van der Waals surface area contributed by atoms with E-state index < -0.39 is 0 Å². The number of aryl methyl sites for hydroxylation is 1. The van der Waals surface area contributed by atoms with E-state index in [1.165, 1.54) is 22.3 Å². The monoisotopic (exact) mass is 229 g/mol. The largest absolute Gasteiger partial charge is 0.373 e. The molecule has 1 saturated heterocycles. The summed E-state index contributed by atoms with van der Waals surface area (Å²) in [6, 6.07) is 10.7. The van der Waals surface area contributed by atoms with Gasteiger partial charge in [-0.2, -0.15) is 0 Å². The summed E-state index contributed by atoms with van der Waals surface area (Å²) in [5.74, 6) is 1.20. The second kappa shape index (κ2) is 4.34. The van der Waals surface area contributed by atoms with E-state index >= 15 is 0 Å². The lowest BCUT2D eigenvalue weighted by Crippen LogP contribution is -2.39. The van der Waals surface area contributed by atoms with Crippen molar-refractivity contribution in [3.63, 3.8) is 0 Å². The Bertz CT molecular complexity index is 533. The standard InChI is InChI=1S/C14H16N2O/c1-11-10-14(16-6-8-17-9-7-16)15-13-5-3-2-4-12(11)13/h2-5,10H,6-9H2,1H3/p+1. The molecule has 1 N–H and O–H groups in total. The van der Waals surface area contributed by atoms with E-state index in [9.17, 15) is 0 Å². The van der Waals surface area contributed by atoms with Crippen molar-refractivity contribution in [2.75, 3.05) is 31.2 Å². The number of pyridine rings is 1. The third-order valence-electron chi connectivity index (χ3n) is 3.32. The van der Waals surface area contributed by atoms with Crippen molar-refractivity contribution in [3.05, 3.63) is 35.9 Å². The van der Waals surface area contributed by atoms with Crippen LogP contribution in [0.15, 0.2) is 30.3 Å². The Kier molecular flexibility index (Phi) is 2.69. The molecular weight excluding hydrogens is 212 g/mol. The zero-order chi connectivity index (χ0) is 11.7. The molecule has 2 aromatic rings. The van der Waals surface area contributed by atoms with Crippen LogP contribution in [-0.2, 0) is 4.74 Å². The molecule has 0 bridgehead atoms. The SMILES string of the molecule is Cc1cc(N2CCOCC2)[nH+]c2ccccc12. The van der Waals surface area contributed by atoms with E-state index in [1.54, 1.807) is 0 Å². The highest BCUT2D eigenvalue weighted by Gasteiger charge is 2.20. The molecule has 0 saturated carbocycles. The highest BCUT2D eigenvalue weighted by Crippen LogP contribution is 2.19. The average Bonchev–Trinajstić information content (AvgIpc) is 2.40. The summed E-state index contributed by atoms with van der Waals surface area (Å²) in [5, 5.41) is 1.30. The second-order valence-electron chi connectivity index (χ2n) is 4.48. The van der Waals surface area contributed by atoms with Gasteiger partial charge in [0, 0.05) is 11.5 Å². The molecule has 3 heteroatoms. The fourth-order valence-electron chi connectivity index (χ4n) is 2.37. The first-order valence-corrected chi connectivity index (χ1v) is 6.09. The Balaban J connectivity index is 2.05. The summed E-state index contributed by atoms with van der Waals surface area (Å²) >= 11 is 0. The quantitative estimate of drug-likeness (QED) is 0.745. The summed E-state index contributed by atoms with van der Waals surface area (Å²) in [7, 11) is 0. The van der Waals surface area contributed by atoms with E-state index in [0.29, 0.717) is 0 Å². The predicted octanol–water partition coefficient (Wildman–Crippen LogP) is 1.80. The maximum atomic E-state index is 5.38. The molecule has 17 heavy (non-hydrogen) atoms. The zero-order valence-electron chi connectivity index (χ0n) is 10.1. The van der Waals surface area contributed by atoms with Gasteiger partial charge in [0.2, 0.25) is 0 Å². The number of rotatable bonds is 1. The molecule has 2 heterocycles. The number of ether oxygens (including phenoxy) is 1. The fourth-order valence-corrected chi connectivity index (χ4v) is 2.37. The number of anilines is 1. The van der Waals surface area contributed by atoms with Crippen molar-refractivity contribution in [3.8, 4) is 0 Å². The van der Waals surface area contributed by atoms with Gasteiger partial charge in [-0.15, -0.1) is 0 Å². The van der Waals surface area contributed by atoms with Crippen LogP contribution in [0.1, 0.15) is 5.56 Å². The summed E-state index contributed by atoms with van der Waals surface area (Å²) < 4.78 is 5.38. The van der Waals surface area contributed by atoms with Crippen LogP contribution in [0.3, 0.4) is 0 Å². The lowest BCUT2D eigenvalue weighted by molar-refractivity contribution is -0.331. The van der Waals surface area contributed by atoms with Crippen LogP contribution in [0, 0.1) is 6.92 Å². The maximum Gasteiger partial charge on any atom is 0.275 e. The molecule has 0 radical (unpaired) electrons. The van der Waals surface area contributed by atoms with E-state index in [-0.39, 0.29) is 0 Å². The van der Waals surface area contributed by atoms with Gasteiger partial charge in [0.05, 0.1) is 13.2 Å². The van der Waals surface area contributed by atoms with Gasteiger partial charge in [0.25, 0.3) is 5.82 Å². The molecular formula is C14H17N2O+. The summed E-state index contributed by atoms with van der Waals surface area (Å²) in [6.45, 7) is 5.74. The van der Waals surface area contributed by atoms with Crippen LogP contribution < -0.4 is 9.88 Å². The molecule has 3 nitrogen and oxygen atoms in total. The molecule has 0 spiro atoms. The molecule has 88 valence electrons. The Labute approximate surface area is 101 Å². The molecule has 1 aromatic carbocycles. The highest BCUT2D eigenvalue weighted by atomic mass is 16.5. The number of nitrogens with one attached hydrogen (secondary N) is 1. The fraction of sp³-hybridized carbons (Fsp3) is 0.357. The van der Waals surface area contributed by atoms with Gasteiger partial charge in [-0.05, 0) is 18.6 Å². The Morgan fingerprint density at radius 2 is 1.94 bits per heavy atom. The second-order valence-corrected chi connectivity index (χ2v) is 4.48. The summed E-state index contributed by atoms with van der Waals surface area (Å²) in [6.07, 6.45) is 0. The topological polar surface area (TPSA) is 26.6 Å². The van der Waals surface area contributed by atoms with Crippen molar-refractivity contribution in [1.82, 2.24) is 0 Å². The van der Waals surface area contributed by atoms with Gasteiger partial charge in [-0.3, -0.25) is 4.90 Å². The highest BCUT2D eigenvalue weighted by molar-refractivity contribution is 5.80. The van der Waals surface area contributed by atoms with Gasteiger partial charge in [-0.25, -0.2) is 4.98 Å². The van der Waals surface area contributed by atoms with Crippen molar-refractivity contribution in [2.24, 2.45) is 0 Å². The molecule has 0 unspecified atom stereocenters. The number of benzene rings is 1. The van der Waals surface area contributed by atoms with E-state index in [2.05, 4.69) is 47.1 Å². The van der Waals surface area contributed by atoms with Crippen LogP contribution in [0.5, 0.6) is 0 Å². The number of hydrogen-bond donors (Lipinski definition) is 0. The normalized spacial score (nSPS) is 16.4. The number of morpholine rings is 1. The molecule has 1 fully saturated rings. The minimum absolute atomic E-state index is 0.819. The van der Waals surface area contributed by atoms with Gasteiger partial charge < -0.3 is 4.74 Å². The minimum Gasteiger partial charge on any atom is -0.373 e. The van der Waals surface area contributed by atoms with Crippen LogP contribution >= 0.6 is 0 Å². The number of nitrogens with zero attached hydrogens (tertiary/aromatic N) is 1. The van der Waals surface area contributed by atoms with Crippen LogP contribution in [0.4, 0.5) is 5.82 Å². The van der Waals surface area contributed by atoms with E-state index in [0.717, 1.165) is 26.3 Å². The van der Waals surface area contributed by atoms with Crippen molar-refractivity contribution in [1.29, 1.82) is 0 Å². The Morgan fingerprint density at radius 3 is 2.76 bits per heavy atom. The Hall–Kier alpha value is -1.61. The lowest BCUT2D eigenvalue weighted by atomic mass is 10.1. The number of hydrogen-bond acceptors (Lipinski definition) is 2. The smallest absolute Gasteiger partial charge is 0.275 e. The number of aromatic amines is 1. The summed E-state index contributed by atoms with van der Waals surface area (Å²) in [4.78, 5) is 5.86. The van der Waals surface area contributed by atoms with Gasteiger partial charge in [0.1, 0.15) is 18.6 Å². The minimum atomic E-state index is 0.819. The van der Waals surface area contributed by atoms with Crippen LogP contribution in [0.25, 0.3) is 10.9 Å². The molecule has 0 amide bonds. The van der Waals surface area contributed by atoms with Crippen LogP contribution in [0.2, 0.25) is 0 Å². The van der Waals surface area contributed by atoms with Crippen molar-refractivity contribution in [2.45, 2.75) is 6.92 Å². The van der Waals surface area contributed by atoms with Gasteiger partial charge in [0.15, 0.2) is 0 Å². The third-order valence-corrected chi connectivity index (χ3v) is 3.32. The number of para-hydroxylation sites is 1. The number of H-pyrrole nitrogens is 1. The molecule has 1 aliphatic rings. The number of fused-ring (bicyclic) bond motifs is 1. The number of aromatic nitrogens is 1. The van der Waals surface area contributed by atoms with Crippen LogP contribution in [-0.4, -0.2) is 26.3 Å². The average molecular weight is 229 g/mol. The molecule has 1 aliphatic heterocycles. The molecule has 3 rings (SSSR count). The van der Waals surface area contributed by atoms with E-state index in [4.69, 9.17) is 4.74 Å². The van der Waals surface area contributed by atoms with Crippen molar-refractivity contribution < 1.29 is 9.72 Å². The first-order valence-electron chi connectivity index (χ1n) is 6.09. The Morgan fingerprint density at radius 1 is 1.18 bits per heavy atom. The van der Waals surface area contributed by atoms with Crippen molar-refractivity contribution >= 4 is 16.7 Å². The lowest BCUT2D eigenvalue weighted by Gasteiger charge is -2.21. The summed E-state index contributed by atoms with van der Waals surface area (Å²) in [5.41, 5.74) is 2.52. The van der Waals surface area contributed by atoms with Gasteiger partial charge >= 0.3 is 0 Å². The first kappa shape index (κ1) is 10.5.